The number of hydrogen-bond acceptors (Lipinski definition) is 3. The van der Waals surface area contributed by atoms with Gasteiger partial charge < -0.3 is 20.5 Å². The van der Waals surface area contributed by atoms with Gasteiger partial charge in [-0.3, -0.25) is 0 Å². The molecule has 142 valence electrons. The molecule has 0 unspecified atom stereocenters. The van der Waals surface area contributed by atoms with E-state index in [0.717, 1.165) is 5.56 Å². The van der Waals surface area contributed by atoms with Crippen LogP contribution in [0.2, 0.25) is 0 Å². The summed E-state index contributed by atoms with van der Waals surface area (Å²) in [5.41, 5.74) is 7.70. The number of hydrogen-bond donors (Lipinski definition) is 2. The fourth-order valence-corrected chi connectivity index (χ4v) is 2.13. The summed E-state index contributed by atoms with van der Waals surface area (Å²) < 4.78 is 46.3. The van der Waals surface area contributed by atoms with Crippen molar-refractivity contribution >= 4 is 35.6 Å². The number of halogens is 4. The molecule has 2 aromatic rings. The number of nitrogens with two attached hydrogens (primary N) is 1. The highest BCUT2D eigenvalue weighted by Crippen LogP contribution is 2.26. The topological polar surface area (TPSA) is 68.9 Å². The molecule has 9 heteroatoms. The van der Waals surface area contributed by atoms with Crippen LogP contribution in [-0.4, -0.2) is 19.4 Å². The van der Waals surface area contributed by atoms with E-state index in [1.165, 1.54) is 18.2 Å². The van der Waals surface area contributed by atoms with E-state index in [4.69, 9.17) is 10.5 Å². The van der Waals surface area contributed by atoms with Gasteiger partial charge in [-0.05, 0) is 12.1 Å². The summed E-state index contributed by atoms with van der Waals surface area (Å²) in [7, 11) is 1.58. The van der Waals surface area contributed by atoms with E-state index in [2.05, 4.69) is 15.0 Å². The van der Waals surface area contributed by atoms with E-state index in [-0.39, 0.29) is 47.8 Å². The monoisotopic (exact) mass is 481 g/mol. The van der Waals surface area contributed by atoms with Crippen LogP contribution in [0.25, 0.3) is 0 Å². The molecule has 0 radical (unpaired) electrons. The van der Waals surface area contributed by atoms with Crippen LogP contribution in [0.1, 0.15) is 11.1 Å². The first-order chi connectivity index (χ1) is 11.9. The molecule has 0 heterocycles. The van der Waals surface area contributed by atoms with Gasteiger partial charge in [-0.1, -0.05) is 36.4 Å². The van der Waals surface area contributed by atoms with Crippen LogP contribution >= 0.6 is 24.0 Å². The Kier molecular flexibility index (Phi) is 8.66. The van der Waals surface area contributed by atoms with Crippen molar-refractivity contribution in [1.29, 1.82) is 0 Å². The molecule has 3 N–H and O–H groups in total. The quantitative estimate of drug-likeness (QED) is 0.368. The summed E-state index contributed by atoms with van der Waals surface area (Å²) in [5, 5.41) is 2.92. The summed E-state index contributed by atoms with van der Waals surface area (Å²) >= 11 is 0. The van der Waals surface area contributed by atoms with Gasteiger partial charge in [0, 0.05) is 23.9 Å². The molecule has 0 spiro atoms. The zero-order chi connectivity index (χ0) is 18.3. The summed E-state index contributed by atoms with van der Waals surface area (Å²) in [5.74, 6) is -0.225. The second-order valence-corrected chi connectivity index (χ2v) is 5.07. The van der Waals surface area contributed by atoms with Gasteiger partial charge in [-0.2, -0.15) is 0 Å². The van der Waals surface area contributed by atoms with Gasteiger partial charge in [0.25, 0.3) is 0 Å². The van der Waals surface area contributed by atoms with Gasteiger partial charge in [0.1, 0.15) is 5.75 Å². The zero-order valence-electron chi connectivity index (χ0n) is 13.9. The van der Waals surface area contributed by atoms with Crippen LogP contribution in [-0.2, 0) is 17.9 Å². The van der Waals surface area contributed by atoms with Gasteiger partial charge >= 0.3 is 6.36 Å². The molecular weight excluding hydrogens is 462 g/mol. The van der Waals surface area contributed by atoms with E-state index in [1.54, 1.807) is 19.2 Å². The maximum Gasteiger partial charge on any atom is 0.573 e. The highest BCUT2D eigenvalue weighted by molar-refractivity contribution is 14.0. The second kappa shape index (κ2) is 10.2. The van der Waals surface area contributed by atoms with Crippen molar-refractivity contribution in [2.75, 3.05) is 12.4 Å². The highest BCUT2D eigenvalue weighted by Gasteiger charge is 2.31. The Balaban J connectivity index is 0.00000338. The van der Waals surface area contributed by atoms with E-state index in [0.29, 0.717) is 12.3 Å². The number of para-hydroxylation sites is 2. The number of nitrogens with zero attached hydrogens (tertiary/aromatic N) is 1. The van der Waals surface area contributed by atoms with E-state index < -0.39 is 6.36 Å². The third-order valence-electron chi connectivity index (χ3n) is 3.20. The van der Waals surface area contributed by atoms with Crippen LogP contribution in [0, 0.1) is 0 Å². The van der Waals surface area contributed by atoms with E-state index in [1.807, 2.05) is 18.2 Å². The minimum atomic E-state index is -4.76. The molecule has 2 aromatic carbocycles. The average Bonchev–Trinajstić information content (AvgIpc) is 2.55. The molecular formula is C17H19F3IN3O2. The summed E-state index contributed by atoms with van der Waals surface area (Å²) in [6.45, 7) is 0.330. The maximum atomic E-state index is 12.4. The molecule has 0 saturated heterocycles. The van der Waals surface area contributed by atoms with Gasteiger partial charge in [-0.25, -0.2) is 4.99 Å². The van der Waals surface area contributed by atoms with Crippen LogP contribution in [0.5, 0.6) is 5.75 Å². The molecule has 2 rings (SSSR count). The lowest BCUT2D eigenvalue weighted by atomic mass is 10.2. The van der Waals surface area contributed by atoms with Crippen molar-refractivity contribution in [3.8, 4) is 5.75 Å². The third kappa shape index (κ3) is 7.08. The number of nitrogens with one attached hydrogen (secondary N) is 1. The smallest absolute Gasteiger partial charge is 0.405 e. The number of aliphatic imine (C=N–C) groups is 1. The minimum Gasteiger partial charge on any atom is -0.405 e. The number of guanidine groups is 1. The van der Waals surface area contributed by atoms with Crippen LogP contribution in [0.3, 0.4) is 0 Å². The third-order valence-corrected chi connectivity index (χ3v) is 3.20. The average molecular weight is 481 g/mol. The van der Waals surface area contributed by atoms with Crippen LogP contribution < -0.4 is 15.8 Å². The number of rotatable bonds is 6. The molecule has 0 aromatic heterocycles. The van der Waals surface area contributed by atoms with Gasteiger partial charge in [-0.15, -0.1) is 37.1 Å². The molecule has 26 heavy (non-hydrogen) atoms. The van der Waals surface area contributed by atoms with Crippen molar-refractivity contribution < 1.29 is 22.6 Å². The number of benzene rings is 2. The van der Waals surface area contributed by atoms with E-state index >= 15 is 0 Å². The Morgan fingerprint density at radius 2 is 1.69 bits per heavy atom. The van der Waals surface area contributed by atoms with Crippen molar-refractivity contribution in [3.05, 3.63) is 59.7 Å². The standard InChI is InChI=1S/C17H18F3N3O2.HI/c1-24-11-13-7-2-4-8-14(13)23-16(21)22-10-12-6-3-5-9-15(12)25-17(18,19)20;/h2-9H,10-11H2,1H3,(H3,21,22,23);1H. The number of alkyl halides is 3. The van der Waals surface area contributed by atoms with Crippen molar-refractivity contribution in [3.63, 3.8) is 0 Å². The molecule has 0 aliphatic carbocycles. The Hall–Kier alpha value is -2.01. The maximum absolute atomic E-state index is 12.4. The number of methoxy groups -OCH3 is 1. The molecule has 0 bridgehead atoms. The predicted octanol–water partition coefficient (Wildman–Crippen LogP) is 4.28. The van der Waals surface area contributed by atoms with Crippen molar-refractivity contribution in [1.82, 2.24) is 0 Å². The summed E-state index contributed by atoms with van der Waals surface area (Å²) in [6.07, 6.45) is -4.76. The van der Waals surface area contributed by atoms with Gasteiger partial charge in [0.2, 0.25) is 0 Å². The SMILES string of the molecule is COCc1ccccc1NC(N)=NCc1ccccc1OC(F)(F)F.I. The lowest BCUT2D eigenvalue weighted by molar-refractivity contribution is -0.274. The zero-order valence-corrected chi connectivity index (χ0v) is 16.2. The molecule has 0 aliphatic rings. The molecule has 0 aliphatic heterocycles. The van der Waals surface area contributed by atoms with Gasteiger partial charge in [0.15, 0.2) is 5.96 Å². The van der Waals surface area contributed by atoms with Gasteiger partial charge in [0.05, 0.1) is 13.2 Å². The van der Waals surface area contributed by atoms with Crippen molar-refractivity contribution in [2.45, 2.75) is 19.5 Å². The second-order valence-electron chi connectivity index (χ2n) is 5.07. The Morgan fingerprint density at radius 3 is 2.35 bits per heavy atom. The minimum absolute atomic E-state index is 0. The molecule has 0 atom stereocenters. The Morgan fingerprint density at radius 1 is 1.08 bits per heavy atom. The molecule has 0 saturated carbocycles. The summed E-state index contributed by atoms with van der Waals surface area (Å²) in [4.78, 5) is 4.08. The summed E-state index contributed by atoms with van der Waals surface area (Å²) in [6, 6.07) is 13.1. The van der Waals surface area contributed by atoms with Crippen LogP contribution in [0.15, 0.2) is 53.5 Å². The fourth-order valence-electron chi connectivity index (χ4n) is 2.13. The molecule has 0 amide bonds. The predicted molar refractivity (Wildman–Crippen MR) is 105 cm³/mol. The largest absolute Gasteiger partial charge is 0.573 e. The number of ether oxygens (including phenoxy) is 2. The molecule has 0 fully saturated rings. The lowest BCUT2D eigenvalue weighted by Crippen LogP contribution is -2.23. The fraction of sp³-hybridized carbons (Fsp3) is 0.235. The first kappa shape index (κ1) is 22.0. The van der Waals surface area contributed by atoms with Crippen molar-refractivity contribution in [2.24, 2.45) is 10.7 Å². The van der Waals surface area contributed by atoms with E-state index in [9.17, 15) is 13.2 Å². The molecule has 5 nitrogen and oxygen atoms in total. The normalized spacial score (nSPS) is 11.6. The first-order valence-electron chi connectivity index (χ1n) is 7.36. The van der Waals surface area contributed by atoms with Crippen LogP contribution in [0.4, 0.5) is 18.9 Å². The Bertz CT molecular complexity index is 739. The number of anilines is 1. The first-order valence-corrected chi connectivity index (χ1v) is 7.36. The highest BCUT2D eigenvalue weighted by atomic mass is 127. The Labute approximate surface area is 166 Å². The lowest BCUT2D eigenvalue weighted by Gasteiger charge is -2.13.